The minimum atomic E-state index is -0.989. The molecule has 2 aromatic heterocycles. The summed E-state index contributed by atoms with van der Waals surface area (Å²) in [4.78, 5) is 17.9. The maximum absolute atomic E-state index is 13.2. The maximum Gasteiger partial charge on any atom is 0.338 e. The van der Waals surface area contributed by atoms with Crippen LogP contribution in [-0.4, -0.2) is 22.6 Å². The Bertz CT molecular complexity index is 686. The second kappa shape index (κ2) is 4.75. The largest absolute Gasteiger partial charge is 0.478 e. The molecule has 0 saturated carbocycles. The van der Waals surface area contributed by atoms with E-state index in [-0.39, 0.29) is 5.56 Å². The van der Waals surface area contributed by atoms with Gasteiger partial charge in [-0.05, 0) is 24.1 Å². The van der Waals surface area contributed by atoms with Crippen molar-refractivity contribution in [2.24, 2.45) is 0 Å². The first-order chi connectivity index (χ1) is 9.56. The number of thiophene rings is 1. The number of hydrogen-bond acceptors (Lipinski definition) is 5. The molecule has 104 valence electrons. The molecule has 0 fully saturated rings. The summed E-state index contributed by atoms with van der Waals surface area (Å²) in [5, 5.41) is 9.51. The molecule has 5 nitrogen and oxygen atoms in total. The average Bonchev–Trinajstić information content (AvgIpc) is 2.73. The third kappa shape index (κ3) is 2.09. The molecule has 3 rings (SSSR count). The summed E-state index contributed by atoms with van der Waals surface area (Å²) in [5.41, 5.74) is 6.79. The first-order valence-corrected chi connectivity index (χ1v) is 6.88. The zero-order valence-corrected chi connectivity index (χ0v) is 11.3. The van der Waals surface area contributed by atoms with E-state index < -0.39 is 11.9 Å². The van der Waals surface area contributed by atoms with Crippen LogP contribution in [0.15, 0.2) is 18.2 Å². The summed E-state index contributed by atoms with van der Waals surface area (Å²) in [6.45, 7) is 1.10. The summed E-state index contributed by atoms with van der Waals surface area (Å²) in [5.74, 6) is -0.956. The minimum Gasteiger partial charge on any atom is -0.478 e. The monoisotopic (exact) mass is 293 g/mol. The van der Waals surface area contributed by atoms with Crippen LogP contribution < -0.4 is 10.6 Å². The molecule has 0 spiro atoms. The molecular formula is C13H12FN3O2S. The van der Waals surface area contributed by atoms with Crippen molar-refractivity contribution in [3.63, 3.8) is 0 Å². The molecule has 0 aromatic carbocycles. The number of hydrogen-bond donors (Lipinski definition) is 2. The van der Waals surface area contributed by atoms with Gasteiger partial charge in [0, 0.05) is 11.4 Å². The second-order valence-corrected chi connectivity index (χ2v) is 5.68. The van der Waals surface area contributed by atoms with Gasteiger partial charge >= 0.3 is 5.97 Å². The fourth-order valence-electron chi connectivity index (χ4n) is 2.43. The number of carbonyl (C=O) groups is 1. The number of nitrogens with two attached hydrogens (primary N) is 1. The predicted octanol–water partition coefficient (Wildman–Crippen LogP) is 2.13. The first kappa shape index (κ1) is 12.9. The van der Waals surface area contributed by atoms with Gasteiger partial charge in [-0.1, -0.05) is 6.07 Å². The number of carboxylic acids is 1. The summed E-state index contributed by atoms with van der Waals surface area (Å²) in [7, 11) is 0. The van der Waals surface area contributed by atoms with Crippen LogP contribution in [0.5, 0.6) is 0 Å². The van der Waals surface area contributed by atoms with Gasteiger partial charge in [0.05, 0.1) is 12.1 Å². The summed E-state index contributed by atoms with van der Waals surface area (Å²) in [6.07, 6.45) is 0.572. The van der Waals surface area contributed by atoms with E-state index in [1.807, 2.05) is 4.90 Å². The Labute approximate surface area is 118 Å². The Kier molecular flexibility index (Phi) is 3.06. The molecule has 0 amide bonds. The molecule has 3 heterocycles. The zero-order valence-electron chi connectivity index (χ0n) is 10.5. The number of aromatic carboxylic acids is 1. The van der Waals surface area contributed by atoms with Gasteiger partial charge in [-0.3, -0.25) is 0 Å². The van der Waals surface area contributed by atoms with Gasteiger partial charge in [-0.25, -0.2) is 9.78 Å². The lowest BCUT2D eigenvalue weighted by molar-refractivity contribution is 0.0697. The number of halogens is 1. The van der Waals surface area contributed by atoms with E-state index in [1.54, 1.807) is 12.1 Å². The molecule has 0 atom stereocenters. The number of nitrogens with zero attached hydrogens (tertiary/aromatic N) is 2. The highest BCUT2D eigenvalue weighted by Crippen LogP contribution is 2.36. The number of fused-ring (bicyclic) bond motifs is 1. The van der Waals surface area contributed by atoms with Crippen molar-refractivity contribution in [3.05, 3.63) is 40.2 Å². The first-order valence-electron chi connectivity index (χ1n) is 6.07. The third-order valence-corrected chi connectivity index (χ3v) is 4.37. The second-order valence-electron chi connectivity index (χ2n) is 4.54. The van der Waals surface area contributed by atoms with Crippen molar-refractivity contribution in [1.29, 1.82) is 0 Å². The molecule has 2 aromatic rings. The number of aromatic nitrogens is 1. The van der Waals surface area contributed by atoms with E-state index in [0.29, 0.717) is 30.3 Å². The van der Waals surface area contributed by atoms with Gasteiger partial charge in [-0.15, -0.1) is 11.3 Å². The molecule has 0 bridgehead atoms. The van der Waals surface area contributed by atoms with Crippen molar-refractivity contribution < 1.29 is 14.3 Å². The van der Waals surface area contributed by atoms with Crippen molar-refractivity contribution >= 4 is 28.1 Å². The van der Waals surface area contributed by atoms with Crippen LogP contribution >= 0.6 is 11.3 Å². The van der Waals surface area contributed by atoms with Gasteiger partial charge in [0.25, 0.3) is 0 Å². The fraction of sp³-hybridized carbons (Fsp3) is 0.231. The topological polar surface area (TPSA) is 79.5 Å². The molecule has 0 aliphatic carbocycles. The van der Waals surface area contributed by atoms with E-state index in [2.05, 4.69) is 4.98 Å². The number of anilines is 2. The molecule has 7 heteroatoms. The van der Waals surface area contributed by atoms with E-state index >= 15 is 0 Å². The lowest BCUT2D eigenvalue weighted by atomic mass is 10.0. The summed E-state index contributed by atoms with van der Waals surface area (Å²) >= 11 is 1.28. The Morgan fingerprint density at radius 3 is 3.00 bits per heavy atom. The highest BCUT2D eigenvalue weighted by Gasteiger charge is 2.27. The maximum atomic E-state index is 13.2. The third-order valence-electron chi connectivity index (χ3n) is 3.32. The minimum absolute atomic E-state index is 0.219. The summed E-state index contributed by atoms with van der Waals surface area (Å²) in [6, 6.07) is 4.65. The average molecular weight is 293 g/mol. The fourth-order valence-corrected chi connectivity index (χ4v) is 3.55. The smallest absolute Gasteiger partial charge is 0.338 e. The van der Waals surface area contributed by atoms with Gasteiger partial charge in [0.15, 0.2) is 0 Å². The number of pyridine rings is 1. The van der Waals surface area contributed by atoms with Crippen LogP contribution in [-0.2, 0) is 13.0 Å². The van der Waals surface area contributed by atoms with Crippen LogP contribution in [0, 0.1) is 5.95 Å². The molecule has 20 heavy (non-hydrogen) atoms. The normalized spacial score (nSPS) is 14.2. The Balaban J connectivity index is 1.93. The zero-order chi connectivity index (χ0) is 14.3. The van der Waals surface area contributed by atoms with Crippen molar-refractivity contribution in [1.82, 2.24) is 4.98 Å². The SMILES string of the molecule is Nc1sc2c(c1C(=O)O)CCN(c1cccc(F)n1)C2. The van der Waals surface area contributed by atoms with Crippen molar-refractivity contribution in [3.8, 4) is 0 Å². The van der Waals surface area contributed by atoms with Crippen molar-refractivity contribution in [2.45, 2.75) is 13.0 Å². The Morgan fingerprint density at radius 1 is 1.50 bits per heavy atom. The lowest BCUT2D eigenvalue weighted by Gasteiger charge is -2.28. The van der Waals surface area contributed by atoms with Crippen LogP contribution in [0.4, 0.5) is 15.2 Å². The Morgan fingerprint density at radius 2 is 2.30 bits per heavy atom. The van der Waals surface area contributed by atoms with E-state index in [4.69, 9.17) is 5.73 Å². The van der Waals surface area contributed by atoms with Crippen LogP contribution in [0.1, 0.15) is 20.8 Å². The molecule has 0 radical (unpaired) electrons. The van der Waals surface area contributed by atoms with Crippen LogP contribution in [0.2, 0.25) is 0 Å². The van der Waals surface area contributed by atoms with Crippen LogP contribution in [0.3, 0.4) is 0 Å². The number of nitrogen functional groups attached to an aromatic ring is 1. The highest BCUT2D eigenvalue weighted by atomic mass is 32.1. The highest BCUT2D eigenvalue weighted by molar-refractivity contribution is 7.16. The number of carboxylic acid groups (broad SMARTS) is 1. The molecule has 0 saturated heterocycles. The lowest BCUT2D eigenvalue weighted by Crippen LogP contribution is -2.30. The number of rotatable bonds is 2. The molecular weight excluding hydrogens is 281 g/mol. The molecule has 0 unspecified atom stereocenters. The van der Waals surface area contributed by atoms with E-state index in [9.17, 15) is 14.3 Å². The van der Waals surface area contributed by atoms with E-state index in [1.165, 1.54) is 17.4 Å². The Hall–Kier alpha value is -2.15. The molecule has 3 N–H and O–H groups in total. The molecule has 1 aliphatic rings. The van der Waals surface area contributed by atoms with Gasteiger partial charge in [0.1, 0.15) is 10.8 Å². The van der Waals surface area contributed by atoms with Gasteiger partial charge < -0.3 is 15.7 Å². The standard InChI is InChI=1S/C13H12FN3O2S/c14-9-2-1-3-10(16-9)17-5-4-7-8(6-17)20-12(15)11(7)13(18)19/h1-3H,4-6,15H2,(H,18,19). The summed E-state index contributed by atoms with van der Waals surface area (Å²) < 4.78 is 13.2. The quantitative estimate of drug-likeness (QED) is 0.829. The van der Waals surface area contributed by atoms with Crippen molar-refractivity contribution in [2.75, 3.05) is 17.2 Å². The van der Waals surface area contributed by atoms with Gasteiger partial charge in [-0.2, -0.15) is 4.39 Å². The molecule has 1 aliphatic heterocycles. The predicted molar refractivity (Wildman–Crippen MR) is 74.6 cm³/mol. The van der Waals surface area contributed by atoms with Gasteiger partial charge in [0.2, 0.25) is 5.95 Å². The van der Waals surface area contributed by atoms with Crippen LogP contribution in [0.25, 0.3) is 0 Å². The van der Waals surface area contributed by atoms with E-state index in [0.717, 1.165) is 10.4 Å².